The normalized spacial score (nSPS) is 22.7. The topological polar surface area (TPSA) is 46.2 Å². The maximum absolute atomic E-state index is 11.3. The van der Waals surface area contributed by atoms with Crippen LogP contribution >= 0.6 is 0 Å². The van der Waals surface area contributed by atoms with E-state index in [4.69, 9.17) is 0 Å². The largest absolute Gasteiger partial charge is 0.316 e. The molecule has 78 valence electrons. The van der Waals surface area contributed by atoms with Gasteiger partial charge in [-0.15, -0.1) is 0 Å². The first-order chi connectivity index (χ1) is 5.95. The van der Waals surface area contributed by atoms with Gasteiger partial charge in [0.1, 0.15) is 0 Å². The highest BCUT2D eigenvalue weighted by molar-refractivity contribution is 7.91. The summed E-state index contributed by atoms with van der Waals surface area (Å²) in [5.41, 5.74) is 0. The minimum absolute atomic E-state index is 0.127. The average Bonchev–Trinajstić information content (AvgIpc) is 2.80. The molecule has 1 fully saturated rings. The Morgan fingerprint density at radius 3 is 2.31 bits per heavy atom. The highest BCUT2D eigenvalue weighted by atomic mass is 32.2. The van der Waals surface area contributed by atoms with Gasteiger partial charge in [-0.25, -0.2) is 8.42 Å². The van der Waals surface area contributed by atoms with Crippen LogP contribution < -0.4 is 5.32 Å². The Balaban J connectivity index is 2.53. The molecule has 1 aliphatic rings. The smallest absolute Gasteiger partial charge is 0.151 e. The zero-order valence-electron chi connectivity index (χ0n) is 8.58. The van der Waals surface area contributed by atoms with Crippen LogP contribution in [0.15, 0.2) is 0 Å². The van der Waals surface area contributed by atoms with Gasteiger partial charge in [-0.1, -0.05) is 12.8 Å². The van der Waals surface area contributed by atoms with E-state index in [0.717, 1.165) is 12.3 Å². The Bertz CT molecular complexity index is 257. The molecule has 3 nitrogen and oxygen atoms in total. The molecule has 0 heterocycles. The van der Waals surface area contributed by atoms with Gasteiger partial charge in [0.15, 0.2) is 9.84 Å². The Morgan fingerprint density at radius 1 is 1.46 bits per heavy atom. The first-order valence-electron chi connectivity index (χ1n) is 4.81. The molecule has 0 spiro atoms. The van der Waals surface area contributed by atoms with Gasteiger partial charge >= 0.3 is 0 Å². The van der Waals surface area contributed by atoms with E-state index in [2.05, 4.69) is 5.32 Å². The maximum atomic E-state index is 11.3. The van der Waals surface area contributed by atoms with Crippen molar-refractivity contribution in [2.24, 2.45) is 5.92 Å². The van der Waals surface area contributed by atoms with Crippen LogP contribution in [0.3, 0.4) is 0 Å². The lowest BCUT2D eigenvalue weighted by Gasteiger charge is -2.21. The van der Waals surface area contributed by atoms with Crippen molar-refractivity contribution in [3.05, 3.63) is 0 Å². The van der Waals surface area contributed by atoms with Crippen molar-refractivity contribution in [2.75, 3.05) is 13.3 Å². The van der Waals surface area contributed by atoms with Crippen molar-refractivity contribution in [1.82, 2.24) is 5.32 Å². The van der Waals surface area contributed by atoms with Crippen molar-refractivity contribution in [3.8, 4) is 0 Å². The molecule has 1 saturated carbocycles. The fourth-order valence-electron chi connectivity index (χ4n) is 1.56. The van der Waals surface area contributed by atoms with Crippen LogP contribution in [-0.4, -0.2) is 33.0 Å². The maximum Gasteiger partial charge on any atom is 0.151 e. The summed E-state index contributed by atoms with van der Waals surface area (Å²) in [6.07, 6.45) is 4.86. The molecule has 1 aliphatic carbocycles. The van der Waals surface area contributed by atoms with E-state index >= 15 is 0 Å². The van der Waals surface area contributed by atoms with Crippen LogP contribution in [0.4, 0.5) is 0 Å². The molecule has 0 radical (unpaired) electrons. The molecule has 2 atom stereocenters. The van der Waals surface area contributed by atoms with Crippen LogP contribution in [0.1, 0.15) is 26.2 Å². The standard InChI is InChI=1S/C9H19NO2S/c1-7(13(3,11)12)9(10-2)6-8-4-5-8/h7-10H,4-6H2,1-3H3. The fraction of sp³-hybridized carbons (Fsp3) is 1.00. The first kappa shape index (κ1) is 11.0. The molecule has 0 saturated heterocycles. The molecule has 2 unspecified atom stereocenters. The molecule has 0 aromatic heterocycles. The summed E-state index contributed by atoms with van der Waals surface area (Å²) in [5.74, 6) is 0.765. The van der Waals surface area contributed by atoms with Gasteiger partial charge in [-0.2, -0.15) is 0 Å². The third-order valence-corrected chi connectivity index (χ3v) is 4.58. The van der Waals surface area contributed by atoms with Gasteiger partial charge in [0, 0.05) is 12.3 Å². The fourth-order valence-corrected chi connectivity index (χ4v) is 2.40. The van der Waals surface area contributed by atoms with Crippen LogP contribution in [0.5, 0.6) is 0 Å². The summed E-state index contributed by atoms with van der Waals surface area (Å²) in [7, 11) is -1.05. The highest BCUT2D eigenvalue weighted by Crippen LogP contribution is 2.34. The van der Waals surface area contributed by atoms with E-state index in [1.807, 2.05) is 7.05 Å². The summed E-state index contributed by atoms with van der Waals surface area (Å²) < 4.78 is 22.6. The monoisotopic (exact) mass is 205 g/mol. The van der Waals surface area contributed by atoms with Gasteiger partial charge in [-0.3, -0.25) is 0 Å². The molecular formula is C9H19NO2S. The van der Waals surface area contributed by atoms with E-state index in [-0.39, 0.29) is 11.3 Å². The third kappa shape index (κ3) is 3.27. The van der Waals surface area contributed by atoms with E-state index in [0.29, 0.717) is 0 Å². The summed E-state index contributed by atoms with van der Waals surface area (Å²) in [5, 5.41) is 2.83. The second kappa shape index (κ2) is 3.96. The Labute approximate surface area is 80.8 Å². The molecule has 1 rings (SSSR count). The molecular weight excluding hydrogens is 186 g/mol. The van der Waals surface area contributed by atoms with Gasteiger partial charge < -0.3 is 5.32 Å². The molecule has 1 N–H and O–H groups in total. The molecule has 0 bridgehead atoms. The lowest BCUT2D eigenvalue weighted by atomic mass is 10.1. The lowest BCUT2D eigenvalue weighted by molar-refractivity contribution is 0.470. The minimum Gasteiger partial charge on any atom is -0.316 e. The van der Waals surface area contributed by atoms with E-state index in [9.17, 15) is 8.42 Å². The summed E-state index contributed by atoms with van der Waals surface area (Å²) in [4.78, 5) is 0. The predicted octanol–water partition coefficient (Wildman–Crippen LogP) is 0.808. The van der Waals surface area contributed by atoms with Gasteiger partial charge in [-0.05, 0) is 26.3 Å². The van der Waals surface area contributed by atoms with Crippen LogP contribution in [0, 0.1) is 5.92 Å². The number of sulfone groups is 1. The number of hydrogen-bond donors (Lipinski definition) is 1. The van der Waals surface area contributed by atoms with Crippen molar-refractivity contribution in [1.29, 1.82) is 0 Å². The summed E-state index contributed by atoms with van der Waals surface area (Å²) >= 11 is 0. The van der Waals surface area contributed by atoms with Crippen molar-refractivity contribution < 1.29 is 8.42 Å². The zero-order chi connectivity index (χ0) is 10.1. The molecule has 4 heteroatoms. The SMILES string of the molecule is CNC(CC1CC1)C(C)S(C)(=O)=O. The van der Waals surface area contributed by atoms with Crippen molar-refractivity contribution in [2.45, 2.75) is 37.5 Å². The molecule has 0 aromatic carbocycles. The van der Waals surface area contributed by atoms with Crippen LogP contribution in [-0.2, 0) is 9.84 Å². The first-order valence-corrected chi connectivity index (χ1v) is 6.76. The second-order valence-electron chi connectivity index (χ2n) is 4.11. The van der Waals surface area contributed by atoms with Gasteiger partial charge in [0.2, 0.25) is 0 Å². The zero-order valence-corrected chi connectivity index (χ0v) is 9.39. The minimum atomic E-state index is -2.89. The predicted molar refractivity (Wildman–Crippen MR) is 54.5 cm³/mol. The summed E-state index contributed by atoms with van der Waals surface area (Å²) in [6.45, 7) is 1.79. The molecule has 0 aromatic rings. The summed E-state index contributed by atoms with van der Waals surface area (Å²) in [6, 6.07) is 0.127. The molecule has 13 heavy (non-hydrogen) atoms. The number of hydrogen-bond acceptors (Lipinski definition) is 3. The quantitative estimate of drug-likeness (QED) is 0.722. The van der Waals surface area contributed by atoms with Crippen molar-refractivity contribution in [3.63, 3.8) is 0 Å². The number of rotatable bonds is 5. The van der Waals surface area contributed by atoms with E-state index in [1.165, 1.54) is 19.1 Å². The Kier molecular flexibility index (Phi) is 3.35. The van der Waals surface area contributed by atoms with E-state index in [1.54, 1.807) is 6.92 Å². The average molecular weight is 205 g/mol. The Hall–Kier alpha value is -0.0900. The lowest BCUT2D eigenvalue weighted by Crippen LogP contribution is -2.40. The van der Waals surface area contributed by atoms with Crippen LogP contribution in [0.2, 0.25) is 0 Å². The van der Waals surface area contributed by atoms with Gasteiger partial charge in [0.25, 0.3) is 0 Å². The second-order valence-corrected chi connectivity index (χ2v) is 6.51. The highest BCUT2D eigenvalue weighted by Gasteiger charge is 2.31. The number of nitrogens with one attached hydrogen (secondary N) is 1. The van der Waals surface area contributed by atoms with Gasteiger partial charge in [0.05, 0.1) is 5.25 Å². The molecule has 0 amide bonds. The molecule has 0 aliphatic heterocycles. The van der Waals surface area contributed by atoms with Crippen LogP contribution in [0.25, 0.3) is 0 Å². The Morgan fingerprint density at radius 2 is 2.00 bits per heavy atom. The van der Waals surface area contributed by atoms with Crippen molar-refractivity contribution >= 4 is 9.84 Å². The third-order valence-electron chi connectivity index (χ3n) is 2.90. The van der Waals surface area contributed by atoms with E-state index < -0.39 is 9.84 Å².